The second-order valence-electron chi connectivity index (χ2n) is 6.66. The summed E-state index contributed by atoms with van der Waals surface area (Å²) in [6.45, 7) is 4.53. The van der Waals surface area contributed by atoms with Gasteiger partial charge in [0.25, 0.3) is 0 Å². The lowest BCUT2D eigenvalue weighted by molar-refractivity contribution is 0.564. The number of unbranched alkanes of at least 4 members (excludes halogenated alkanes) is 3. The Hall–Kier alpha value is -1.38. The Bertz CT molecular complexity index is 476. The van der Waals surface area contributed by atoms with Gasteiger partial charge in [-0.2, -0.15) is 0 Å². The van der Waals surface area contributed by atoms with E-state index in [0.29, 0.717) is 0 Å². The molecule has 1 aromatic rings. The van der Waals surface area contributed by atoms with Crippen molar-refractivity contribution < 1.29 is 0 Å². The van der Waals surface area contributed by atoms with E-state index in [1.165, 1.54) is 62.6 Å². The van der Waals surface area contributed by atoms with Gasteiger partial charge in [0.05, 0.1) is 0 Å². The summed E-state index contributed by atoms with van der Waals surface area (Å²) in [6, 6.07) is 10.7. The summed E-state index contributed by atoms with van der Waals surface area (Å²) in [6.07, 6.45) is 17.0. The molecule has 0 saturated carbocycles. The van der Waals surface area contributed by atoms with Gasteiger partial charge in [0.1, 0.15) is 0 Å². The van der Waals surface area contributed by atoms with Gasteiger partial charge in [-0.3, -0.25) is 0 Å². The van der Waals surface area contributed by atoms with E-state index < -0.39 is 0 Å². The molecule has 2 rings (SSSR count). The fourth-order valence-corrected chi connectivity index (χ4v) is 3.07. The van der Waals surface area contributed by atoms with Crippen molar-refractivity contribution >= 4 is 0 Å². The monoisotopic (exact) mass is 326 g/mol. The summed E-state index contributed by atoms with van der Waals surface area (Å²) < 4.78 is 0. The van der Waals surface area contributed by atoms with Crippen LogP contribution in [0.2, 0.25) is 0 Å². The van der Waals surface area contributed by atoms with Gasteiger partial charge in [0.2, 0.25) is 0 Å². The van der Waals surface area contributed by atoms with E-state index in [1.54, 1.807) is 0 Å². The number of hydrogen-bond donors (Lipinski definition) is 2. The van der Waals surface area contributed by atoms with Gasteiger partial charge in [0, 0.05) is 0 Å². The zero-order chi connectivity index (χ0) is 16.7. The van der Waals surface area contributed by atoms with E-state index in [-0.39, 0.29) is 0 Å². The van der Waals surface area contributed by atoms with Crippen molar-refractivity contribution in [2.45, 2.75) is 51.4 Å². The van der Waals surface area contributed by atoms with Crippen LogP contribution in [0, 0.1) is 0 Å². The third kappa shape index (κ3) is 9.05. The molecule has 1 aliphatic carbocycles. The highest BCUT2D eigenvalue weighted by atomic mass is 14.8. The van der Waals surface area contributed by atoms with Crippen molar-refractivity contribution in [2.24, 2.45) is 0 Å². The summed E-state index contributed by atoms with van der Waals surface area (Å²) in [4.78, 5) is 0. The van der Waals surface area contributed by atoms with Crippen LogP contribution in [-0.2, 0) is 6.42 Å². The first-order valence-electron chi connectivity index (χ1n) is 9.76. The van der Waals surface area contributed by atoms with E-state index >= 15 is 0 Å². The highest BCUT2D eigenvalue weighted by molar-refractivity contribution is 5.22. The SMILES string of the molecule is C1=CC(CCNCCCCCCNCCc2ccccc2)=CCC1. The van der Waals surface area contributed by atoms with Gasteiger partial charge in [-0.25, -0.2) is 0 Å². The highest BCUT2D eigenvalue weighted by Gasteiger charge is 1.97. The average molecular weight is 327 g/mol. The maximum absolute atomic E-state index is 3.57. The Morgan fingerprint density at radius 3 is 2.08 bits per heavy atom. The molecule has 0 aromatic heterocycles. The van der Waals surface area contributed by atoms with Crippen LogP contribution < -0.4 is 10.6 Å². The quantitative estimate of drug-likeness (QED) is 0.516. The molecule has 132 valence electrons. The molecule has 0 fully saturated rings. The molecule has 0 saturated heterocycles. The van der Waals surface area contributed by atoms with Crippen LogP contribution in [-0.4, -0.2) is 26.2 Å². The summed E-state index contributed by atoms with van der Waals surface area (Å²) >= 11 is 0. The molecule has 0 spiro atoms. The van der Waals surface area contributed by atoms with Crippen molar-refractivity contribution in [1.82, 2.24) is 10.6 Å². The van der Waals surface area contributed by atoms with E-state index in [2.05, 4.69) is 59.2 Å². The first kappa shape index (κ1) is 19.0. The van der Waals surface area contributed by atoms with Crippen LogP contribution in [0.1, 0.15) is 50.5 Å². The Balaban J connectivity index is 1.31. The van der Waals surface area contributed by atoms with Crippen LogP contribution in [0.5, 0.6) is 0 Å². The van der Waals surface area contributed by atoms with Crippen LogP contribution in [0.25, 0.3) is 0 Å². The van der Waals surface area contributed by atoms with Crippen molar-refractivity contribution in [1.29, 1.82) is 0 Å². The van der Waals surface area contributed by atoms with Gasteiger partial charge in [-0.15, -0.1) is 0 Å². The second kappa shape index (κ2) is 13.0. The van der Waals surface area contributed by atoms with E-state index in [9.17, 15) is 0 Å². The Kier molecular flexibility index (Phi) is 10.2. The van der Waals surface area contributed by atoms with Crippen LogP contribution >= 0.6 is 0 Å². The van der Waals surface area contributed by atoms with Gasteiger partial charge in [-0.05, 0) is 70.3 Å². The third-order valence-electron chi connectivity index (χ3n) is 4.55. The molecule has 0 aliphatic heterocycles. The topological polar surface area (TPSA) is 24.1 Å². The molecule has 1 aliphatic rings. The van der Waals surface area contributed by atoms with Gasteiger partial charge in [0.15, 0.2) is 0 Å². The molecule has 0 amide bonds. The molecule has 1 aromatic carbocycles. The lowest BCUT2D eigenvalue weighted by Crippen LogP contribution is -2.19. The van der Waals surface area contributed by atoms with Crippen LogP contribution in [0.4, 0.5) is 0 Å². The number of hydrogen-bond acceptors (Lipinski definition) is 2. The predicted octanol–water partition coefficient (Wildman–Crippen LogP) is 4.64. The molecular weight excluding hydrogens is 292 g/mol. The number of benzene rings is 1. The van der Waals surface area contributed by atoms with Gasteiger partial charge < -0.3 is 10.6 Å². The minimum absolute atomic E-state index is 1.09. The highest BCUT2D eigenvalue weighted by Crippen LogP contribution is 2.12. The predicted molar refractivity (Wildman–Crippen MR) is 105 cm³/mol. The maximum Gasteiger partial charge on any atom is -0.000835 e. The molecule has 0 heterocycles. The summed E-state index contributed by atoms with van der Waals surface area (Å²) in [5.74, 6) is 0. The Labute approximate surface area is 148 Å². The molecule has 0 radical (unpaired) electrons. The van der Waals surface area contributed by atoms with E-state index in [0.717, 1.165) is 26.1 Å². The Morgan fingerprint density at radius 1 is 0.708 bits per heavy atom. The average Bonchev–Trinajstić information content (AvgIpc) is 2.64. The molecule has 2 heteroatoms. The fourth-order valence-electron chi connectivity index (χ4n) is 3.07. The lowest BCUT2D eigenvalue weighted by Gasteiger charge is -2.08. The van der Waals surface area contributed by atoms with Crippen LogP contribution in [0.3, 0.4) is 0 Å². The summed E-state index contributed by atoms with van der Waals surface area (Å²) in [7, 11) is 0. The Morgan fingerprint density at radius 2 is 1.42 bits per heavy atom. The third-order valence-corrected chi connectivity index (χ3v) is 4.55. The fraction of sp³-hybridized carbons (Fsp3) is 0.545. The summed E-state index contributed by atoms with van der Waals surface area (Å²) in [5.41, 5.74) is 2.94. The van der Waals surface area contributed by atoms with E-state index in [4.69, 9.17) is 0 Å². The number of nitrogens with one attached hydrogen (secondary N) is 2. The molecule has 2 N–H and O–H groups in total. The van der Waals surface area contributed by atoms with Crippen molar-refractivity contribution in [2.75, 3.05) is 26.2 Å². The molecule has 0 bridgehead atoms. The lowest BCUT2D eigenvalue weighted by atomic mass is 10.0. The molecule has 0 atom stereocenters. The van der Waals surface area contributed by atoms with E-state index in [1.807, 2.05) is 0 Å². The molecule has 0 unspecified atom stereocenters. The van der Waals surface area contributed by atoms with Crippen molar-refractivity contribution in [3.63, 3.8) is 0 Å². The van der Waals surface area contributed by atoms with Gasteiger partial charge in [-0.1, -0.05) is 67.0 Å². The van der Waals surface area contributed by atoms with Gasteiger partial charge >= 0.3 is 0 Å². The first-order valence-corrected chi connectivity index (χ1v) is 9.76. The minimum atomic E-state index is 1.09. The zero-order valence-electron chi connectivity index (χ0n) is 15.1. The smallest absolute Gasteiger partial charge is 0.000835 e. The summed E-state index contributed by atoms with van der Waals surface area (Å²) in [5, 5.41) is 7.12. The number of allylic oxidation sites excluding steroid dienone is 3. The minimum Gasteiger partial charge on any atom is -0.316 e. The second-order valence-corrected chi connectivity index (χ2v) is 6.66. The number of rotatable bonds is 13. The zero-order valence-corrected chi connectivity index (χ0v) is 15.1. The van der Waals surface area contributed by atoms with Crippen molar-refractivity contribution in [3.8, 4) is 0 Å². The molecule has 24 heavy (non-hydrogen) atoms. The largest absolute Gasteiger partial charge is 0.316 e. The normalized spacial score (nSPS) is 13.9. The standard InChI is InChI=1S/C22H34N2/c1(9-17-23-19-15-21-11-5-3-6-12-21)2-10-18-24-20-16-22-13-7-4-8-14-22/h3,5-7,11-14,23-24H,1-2,4,8-10,15-20H2. The molecular formula is C22H34N2. The molecule has 2 nitrogen and oxygen atoms in total. The first-order chi connectivity index (χ1) is 11.9. The van der Waals surface area contributed by atoms with Crippen LogP contribution in [0.15, 0.2) is 54.1 Å². The van der Waals surface area contributed by atoms with Crippen molar-refractivity contribution in [3.05, 3.63) is 59.7 Å². The maximum atomic E-state index is 3.57.